The Hall–Kier alpha value is -2.37. The number of carbonyl (C=O) groups excluding carboxylic acids is 3. The van der Waals surface area contributed by atoms with Crippen LogP contribution in [0.3, 0.4) is 0 Å². The predicted molar refractivity (Wildman–Crippen MR) is 93.0 cm³/mol. The third-order valence-corrected chi connectivity index (χ3v) is 4.83. The average Bonchev–Trinajstić information content (AvgIpc) is 3.26. The van der Waals surface area contributed by atoms with Crippen molar-refractivity contribution in [3.8, 4) is 0 Å². The quantitative estimate of drug-likeness (QED) is 0.777. The minimum atomic E-state index is -0.383. The summed E-state index contributed by atoms with van der Waals surface area (Å²) in [6.07, 6.45) is 5.03. The van der Waals surface area contributed by atoms with E-state index < -0.39 is 0 Å². The summed E-state index contributed by atoms with van der Waals surface area (Å²) in [6.45, 7) is 2.07. The molecule has 2 unspecified atom stereocenters. The fourth-order valence-electron chi connectivity index (χ4n) is 3.29. The Labute approximate surface area is 147 Å². The van der Waals surface area contributed by atoms with Crippen molar-refractivity contribution in [1.82, 2.24) is 5.32 Å². The first kappa shape index (κ1) is 17.5. The summed E-state index contributed by atoms with van der Waals surface area (Å²) in [4.78, 5) is 36.0. The van der Waals surface area contributed by atoms with Crippen LogP contribution in [0.2, 0.25) is 0 Å². The molecule has 0 aromatic heterocycles. The molecule has 6 heteroatoms. The molecule has 2 fully saturated rings. The van der Waals surface area contributed by atoms with Crippen LogP contribution in [0.5, 0.6) is 0 Å². The van der Waals surface area contributed by atoms with E-state index in [2.05, 4.69) is 10.6 Å². The number of nitrogens with one attached hydrogen (secondary N) is 2. The number of benzene rings is 1. The lowest BCUT2D eigenvalue weighted by Gasteiger charge is -2.11. The normalized spacial score (nSPS) is 22.3. The lowest BCUT2D eigenvalue weighted by atomic mass is 10.2. The minimum Gasteiger partial charge on any atom is -0.462 e. The first-order valence-corrected chi connectivity index (χ1v) is 8.97. The zero-order valence-electron chi connectivity index (χ0n) is 14.4. The van der Waals surface area contributed by atoms with Gasteiger partial charge in [0.2, 0.25) is 11.8 Å². The number of esters is 1. The van der Waals surface area contributed by atoms with Gasteiger partial charge < -0.3 is 15.4 Å². The van der Waals surface area contributed by atoms with Crippen molar-refractivity contribution >= 4 is 23.5 Å². The van der Waals surface area contributed by atoms with Crippen LogP contribution in [0.4, 0.5) is 5.69 Å². The number of hydrogen-bond acceptors (Lipinski definition) is 4. The second kappa shape index (κ2) is 7.68. The Morgan fingerprint density at radius 3 is 2.32 bits per heavy atom. The molecule has 0 aliphatic heterocycles. The molecule has 2 saturated carbocycles. The van der Waals surface area contributed by atoms with Gasteiger partial charge in [-0.3, -0.25) is 9.59 Å². The van der Waals surface area contributed by atoms with Crippen molar-refractivity contribution in [1.29, 1.82) is 0 Å². The molecule has 134 valence electrons. The number of carbonyl (C=O) groups is 3. The third-order valence-electron chi connectivity index (χ3n) is 4.83. The highest BCUT2D eigenvalue weighted by atomic mass is 16.5. The van der Waals surface area contributed by atoms with E-state index in [1.165, 1.54) is 12.8 Å². The number of ether oxygens (including phenoxy) is 1. The standard InChI is InChI=1S/C19H24N2O4/c1-2-25-19(24)12-7-9-14(10-8-12)21-18(23)16-11-15(16)17(22)20-13-5-3-4-6-13/h7-10,13,15-16H,2-6,11H2,1H3,(H,20,22)(H,21,23). The second-order valence-corrected chi connectivity index (χ2v) is 6.73. The molecular weight excluding hydrogens is 320 g/mol. The first-order chi connectivity index (χ1) is 12.1. The van der Waals surface area contributed by atoms with Crippen molar-refractivity contribution in [3.05, 3.63) is 29.8 Å². The summed E-state index contributed by atoms with van der Waals surface area (Å²) in [6, 6.07) is 6.85. The molecule has 0 spiro atoms. The van der Waals surface area contributed by atoms with Gasteiger partial charge in [0.25, 0.3) is 0 Å². The van der Waals surface area contributed by atoms with E-state index >= 15 is 0 Å². The molecule has 25 heavy (non-hydrogen) atoms. The van der Waals surface area contributed by atoms with E-state index in [-0.39, 0.29) is 35.7 Å². The number of hydrogen-bond donors (Lipinski definition) is 2. The van der Waals surface area contributed by atoms with Crippen LogP contribution in [0.25, 0.3) is 0 Å². The SMILES string of the molecule is CCOC(=O)c1ccc(NC(=O)C2CC2C(=O)NC2CCCC2)cc1. The molecule has 2 N–H and O–H groups in total. The maximum atomic E-state index is 12.3. The van der Waals surface area contributed by atoms with Gasteiger partial charge >= 0.3 is 5.97 Å². The molecule has 0 saturated heterocycles. The van der Waals surface area contributed by atoms with Crippen LogP contribution < -0.4 is 10.6 Å². The van der Waals surface area contributed by atoms with Crippen molar-refractivity contribution in [2.24, 2.45) is 11.8 Å². The molecule has 1 aromatic rings. The van der Waals surface area contributed by atoms with Crippen LogP contribution in [0, 0.1) is 11.8 Å². The lowest BCUT2D eigenvalue weighted by molar-refractivity contribution is -0.125. The number of amides is 2. The Morgan fingerprint density at radius 1 is 1.04 bits per heavy atom. The molecule has 0 bridgehead atoms. The fraction of sp³-hybridized carbons (Fsp3) is 0.526. The van der Waals surface area contributed by atoms with E-state index in [0.29, 0.717) is 24.3 Å². The highest BCUT2D eigenvalue weighted by molar-refractivity contribution is 6.00. The average molecular weight is 344 g/mol. The molecule has 0 heterocycles. The molecule has 1 aromatic carbocycles. The van der Waals surface area contributed by atoms with E-state index in [1.54, 1.807) is 31.2 Å². The number of rotatable bonds is 6. The van der Waals surface area contributed by atoms with Crippen LogP contribution in [0.1, 0.15) is 49.4 Å². The Balaban J connectivity index is 1.48. The molecule has 2 aliphatic rings. The minimum absolute atomic E-state index is 0.00436. The Kier molecular flexibility index (Phi) is 5.36. The fourth-order valence-corrected chi connectivity index (χ4v) is 3.29. The van der Waals surface area contributed by atoms with Crippen molar-refractivity contribution < 1.29 is 19.1 Å². The van der Waals surface area contributed by atoms with Crippen molar-refractivity contribution in [3.63, 3.8) is 0 Å². The molecule has 2 aliphatic carbocycles. The van der Waals surface area contributed by atoms with Gasteiger partial charge in [-0.25, -0.2) is 4.79 Å². The Bertz CT molecular complexity index is 650. The smallest absolute Gasteiger partial charge is 0.338 e. The Morgan fingerprint density at radius 2 is 1.68 bits per heavy atom. The van der Waals surface area contributed by atoms with E-state index in [0.717, 1.165) is 12.8 Å². The summed E-state index contributed by atoms with van der Waals surface area (Å²) >= 11 is 0. The van der Waals surface area contributed by atoms with Gasteiger partial charge in [0.15, 0.2) is 0 Å². The molecular formula is C19H24N2O4. The van der Waals surface area contributed by atoms with Crippen LogP contribution in [0.15, 0.2) is 24.3 Å². The van der Waals surface area contributed by atoms with Crippen molar-refractivity contribution in [2.75, 3.05) is 11.9 Å². The van der Waals surface area contributed by atoms with Gasteiger partial charge in [-0.2, -0.15) is 0 Å². The molecule has 3 rings (SSSR count). The van der Waals surface area contributed by atoms with Gasteiger partial charge in [-0.15, -0.1) is 0 Å². The molecule has 2 amide bonds. The van der Waals surface area contributed by atoms with E-state index in [1.807, 2.05) is 0 Å². The molecule has 2 atom stereocenters. The lowest BCUT2D eigenvalue weighted by Crippen LogP contribution is -2.34. The highest BCUT2D eigenvalue weighted by Crippen LogP contribution is 2.40. The monoisotopic (exact) mass is 344 g/mol. The van der Waals surface area contributed by atoms with Gasteiger partial charge in [-0.05, 0) is 50.5 Å². The summed E-state index contributed by atoms with van der Waals surface area (Å²) in [5, 5.41) is 5.86. The largest absolute Gasteiger partial charge is 0.462 e. The van der Waals surface area contributed by atoms with Crippen LogP contribution >= 0.6 is 0 Å². The maximum Gasteiger partial charge on any atom is 0.338 e. The van der Waals surface area contributed by atoms with Gasteiger partial charge in [-0.1, -0.05) is 12.8 Å². The van der Waals surface area contributed by atoms with Gasteiger partial charge in [0.1, 0.15) is 0 Å². The molecule has 0 radical (unpaired) electrons. The van der Waals surface area contributed by atoms with Crippen molar-refractivity contribution in [2.45, 2.75) is 45.1 Å². The molecule has 6 nitrogen and oxygen atoms in total. The van der Waals surface area contributed by atoms with E-state index in [9.17, 15) is 14.4 Å². The third kappa shape index (κ3) is 4.38. The van der Waals surface area contributed by atoms with Gasteiger partial charge in [0.05, 0.1) is 24.0 Å². The van der Waals surface area contributed by atoms with Gasteiger partial charge in [0, 0.05) is 11.7 Å². The summed E-state index contributed by atoms with van der Waals surface area (Å²) < 4.78 is 4.92. The van der Waals surface area contributed by atoms with Crippen LogP contribution in [-0.2, 0) is 14.3 Å². The highest BCUT2D eigenvalue weighted by Gasteiger charge is 2.48. The summed E-state index contributed by atoms with van der Waals surface area (Å²) in [5.74, 6) is -0.989. The number of anilines is 1. The zero-order valence-corrected chi connectivity index (χ0v) is 14.4. The summed E-state index contributed by atoms with van der Waals surface area (Å²) in [5.41, 5.74) is 1.06. The summed E-state index contributed by atoms with van der Waals surface area (Å²) in [7, 11) is 0. The first-order valence-electron chi connectivity index (χ1n) is 8.97. The predicted octanol–water partition coefficient (Wildman–Crippen LogP) is 2.50. The topological polar surface area (TPSA) is 84.5 Å². The van der Waals surface area contributed by atoms with E-state index in [4.69, 9.17) is 4.74 Å². The zero-order chi connectivity index (χ0) is 17.8. The maximum absolute atomic E-state index is 12.3. The second-order valence-electron chi connectivity index (χ2n) is 6.73. The van der Waals surface area contributed by atoms with Crippen LogP contribution in [-0.4, -0.2) is 30.4 Å².